The third-order valence-electron chi connectivity index (χ3n) is 2.77. The maximum Gasteiger partial charge on any atom is 1.00 e. The van der Waals surface area contributed by atoms with Gasteiger partial charge in [0.05, 0.1) is 0 Å². The molecule has 0 aliphatic carbocycles. The van der Waals surface area contributed by atoms with Gasteiger partial charge in [0.25, 0.3) is 10.1 Å². The van der Waals surface area contributed by atoms with Gasteiger partial charge in [-0.25, -0.2) is 0 Å². The summed E-state index contributed by atoms with van der Waals surface area (Å²) in [5, 5.41) is 18.3. The van der Waals surface area contributed by atoms with E-state index < -0.39 is 32.4 Å². The van der Waals surface area contributed by atoms with Crippen LogP contribution in [0.5, 0.6) is 0 Å². The maximum atomic E-state index is 11.2. The van der Waals surface area contributed by atoms with Crippen molar-refractivity contribution >= 4 is 22.1 Å². The molecule has 0 saturated carbocycles. The SMILES string of the molecule is CCC(C(=O)O)(C(=O)O)c1[c-]c(S(=O)(=O)O)ccc1.[Na+]. The molecule has 1 aromatic rings. The van der Waals surface area contributed by atoms with Gasteiger partial charge in [-0.3, -0.25) is 14.1 Å². The first-order valence-electron chi connectivity index (χ1n) is 5.13. The van der Waals surface area contributed by atoms with E-state index in [-0.39, 0.29) is 41.5 Å². The molecular formula is C11H11NaO7S. The van der Waals surface area contributed by atoms with Crippen molar-refractivity contribution in [2.75, 3.05) is 0 Å². The molecule has 0 radical (unpaired) electrons. The van der Waals surface area contributed by atoms with Crippen LogP contribution in [0.25, 0.3) is 0 Å². The van der Waals surface area contributed by atoms with Crippen molar-refractivity contribution in [3.05, 3.63) is 29.8 Å². The molecule has 0 aliphatic rings. The number of aliphatic carboxylic acids is 2. The maximum absolute atomic E-state index is 11.2. The van der Waals surface area contributed by atoms with Gasteiger partial charge in [-0.2, -0.15) is 26.6 Å². The van der Waals surface area contributed by atoms with Gasteiger partial charge in [-0.15, -0.1) is 11.6 Å². The van der Waals surface area contributed by atoms with Crippen molar-refractivity contribution in [2.45, 2.75) is 23.7 Å². The van der Waals surface area contributed by atoms with Crippen LogP contribution in [0.1, 0.15) is 18.9 Å². The van der Waals surface area contributed by atoms with Crippen molar-refractivity contribution in [2.24, 2.45) is 0 Å². The van der Waals surface area contributed by atoms with Crippen LogP contribution in [0.3, 0.4) is 0 Å². The topological polar surface area (TPSA) is 129 Å². The zero-order valence-electron chi connectivity index (χ0n) is 10.8. The second-order valence-corrected chi connectivity index (χ2v) is 5.16. The van der Waals surface area contributed by atoms with Gasteiger partial charge in [0.2, 0.25) is 0 Å². The molecule has 20 heavy (non-hydrogen) atoms. The predicted molar refractivity (Wildman–Crippen MR) is 62.3 cm³/mol. The van der Waals surface area contributed by atoms with Crippen LogP contribution in [-0.4, -0.2) is 35.1 Å². The van der Waals surface area contributed by atoms with E-state index in [9.17, 15) is 18.0 Å². The van der Waals surface area contributed by atoms with E-state index in [0.29, 0.717) is 0 Å². The smallest absolute Gasteiger partial charge is 0.480 e. The van der Waals surface area contributed by atoms with E-state index >= 15 is 0 Å². The molecule has 0 atom stereocenters. The minimum absolute atomic E-state index is 0. The second kappa shape index (κ2) is 6.68. The third-order valence-corrected chi connectivity index (χ3v) is 3.56. The Labute approximate surface area is 137 Å². The van der Waals surface area contributed by atoms with Crippen molar-refractivity contribution in [3.63, 3.8) is 0 Å². The average Bonchev–Trinajstić information content (AvgIpc) is 2.29. The first-order valence-corrected chi connectivity index (χ1v) is 6.57. The Kier molecular flexibility index (Phi) is 6.37. The molecule has 0 saturated heterocycles. The molecule has 0 aliphatic heterocycles. The van der Waals surface area contributed by atoms with E-state index in [1.54, 1.807) is 0 Å². The largest absolute Gasteiger partial charge is 1.00 e. The number of rotatable bonds is 5. The monoisotopic (exact) mass is 310 g/mol. The number of benzene rings is 1. The first-order chi connectivity index (χ1) is 8.66. The standard InChI is InChI=1S/C11H11O7S.Na/c1-2-11(9(12)13,10(14)15)7-4-3-5-8(6-7)19(16,17)18;/h3-5H,2H2,1H3,(H,12,13)(H,14,15)(H,16,17,18);/q-1;+1. The molecule has 1 aromatic carbocycles. The first kappa shape index (κ1) is 19.1. The molecule has 7 nitrogen and oxygen atoms in total. The van der Waals surface area contributed by atoms with Gasteiger partial charge in [0, 0.05) is 0 Å². The van der Waals surface area contributed by atoms with Gasteiger partial charge in [0.15, 0.2) is 5.41 Å². The summed E-state index contributed by atoms with van der Waals surface area (Å²) in [6.07, 6.45) is -0.302. The average molecular weight is 310 g/mol. The molecule has 9 heteroatoms. The van der Waals surface area contributed by atoms with Gasteiger partial charge in [0.1, 0.15) is 0 Å². The molecule has 0 heterocycles. The summed E-state index contributed by atoms with van der Waals surface area (Å²) in [5.41, 5.74) is -2.65. The molecule has 104 valence electrons. The van der Waals surface area contributed by atoms with E-state index in [1.807, 2.05) is 0 Å². The van der Waals surface area contributed by atoms with Crippen LogP contribution in [0, 0.1) is 6.07 Å². The number of carboxylic acids is 2. The van der Waals surface area contributed by atoms with Gasteiger partial charge in [-0.1, -0.05) is 6.92 Å². The van der Waals surface area contributed by atoms with E-state index in [1.165, 1.54) is 6.92 Å². The van der Waals surface area contributed by atoms with Gasteiger partial charge >= 0.3 is 41.5 Å². The Balaban J connectivity index is 0.00000361. The summed E-state index contributed by atoms with van der Waals surface area (Å²) in [7, 11) is -4.59. The quantitative estimate of drug-likeness (QED) is 0.238. The van der Waals surface area contributed by atoms with Crippen LogP contribution in [-0.2, 0) is 25.1 Å². The Bertz CT molecular complexity index is 609. The summed E-state index contributed by atoms with van der Waals surface area (Å²) < 4.78 is 30.8. The molecule has 0 spiro atoms. The Morgan fingerprint density at radius 3 is 2.10 bits per heavy atom. The summed E-state index contributed by atoms with van der Waals surface area (Å²) in [4.78, 5) is 21.8. The molecule has 0 unspecified atom stereocenters. The zero-order chi connectivity index (χ0) is 14.8. The Morgan fingerprint density at radius 2 is 1.75 bits per heavy atom. The van der Waals surface area contributed by atoms with Crippen LogP contribution in [0.2, 0.25) is 0 Å². The van der Waals surface area contributed by atoms with Crippen molar-refractivity contribution in [1.29, 1.82) is 0 Å². The fraction of sp³-hybridized carbons (Fsp3) is 0.273. The zero-order valence-corrected chi connectivity index (χ0v) is 13.6. The molecule has 1 rings (SSSR count). The van der Waals surface area contributed by atoms with E-state index in [0.717, 1.165) is 18.2 Å². The Morgan fingerprint density at radius 1 is 1.25 bits per heavy atom. The van der Waals surface area contributed by atoms with Crippen LogP contribution < -0.4 is 29.6 Å². The van der Waals surface area contributed by atoms with E-state index in [4.69, 9.17) is 14.8 Å². The van der Waals surface area contributed by atoms with Crippen LogP contribution in [0.4, 0.5) is 0 Å². The summed E-state index contributed by atoms with van der Waals surface area (Å²) in [5.74, 6) is -3.27. The number of hydrogen-bond acceptors (Lipinski definition) is 4. The van der Waals surface area contributed by atoms with Gasteiger partial charge < -0.3 is 10.2 Å². The van der Waals surface area contributed by atoms with Gasteiger partial charge in [-0.05, 0) is 11.3 Å². The van der Waals surface area contributed by atoms with Crippen LogP contribution >= 0.6 is 0 Å². The third kappa shape index (κ3) is 3.39. The molecule has 0 fully saturated rings. The molecule has 0 aromatic heterocycles. The fourth-order valence-electron chi connectivity index (χ4n) is 1.66. The van der Waals surface area contributed by atoms with E-state index in [2.05, 4.69) is 6.07 Å². The molecule has 0 bridgehead atoms. The fourth-order valence-corrected chi connectivity index (χ4v) is 2.15. The molecule has 3 N–H and O–H groups in total. The number of carboxylic acid groups (broad SMARTS) is 2. The number of carbonyl (C=O) groups is 2. The van der Waals surface area contributed by atoms with Crippen molar-refractivity contribution in [3.8, 4) is 0 Å². The van der Waals surface area contributed by atoms with Crippen LogP contribution in [0.15, 0.2) is 23.1 Å². The normalized spacial score (nSPS) is 11.5. The number of hydrogen-bond donors (Lipinski definition) is 3. The van der Waals surface area contributed by atoms with Crippen molar-refractivity contribution < 1.29 is 62.3 Å². The van der Waals surface area contributed by atoms with Crippen molar-refractivity contribution in [1.82, 2.24) is 0 Å². The molecule has 0 amide bonds. The Hall–Kier alpha value is -0.930. The second-order valence-electron chi connectivity index (χ2n) is 3.77. The minimum Gasteiger partial charge on any atom is -0.480 e. The predicted octanol–water partition coefficient (Wildman–Crippen LogP) is -2.45. The molecular weight excluding hydrogens is 299 g/mol. The minimum atomic E-state index is -4.59. The summed E-state index contributed by atoms with van der Waals surface area (Å²) in [6, 6.07) is 5.41. The summed E-state index contributed by atoms with van der Waals surface area (Å²) >= 11 is 0. The summed E-state index contributed by atoms with van der Waals surface area (Å²) in [6.45, 7) is 1.34.